The third-order valence-electron chi connectivity index (χ3n) is 3.52. The molecule has 0 radical (unpaired) electrons. The molecule has 1 aromatic rings. The fraction of sp³-hybridized carbons (Fsp3) is 0.583. The zero-order chi connectivity index (χ0) is 14.0. The number of carbonyl (C=O) groups excluding carboxylic acids is 1. The van der Waals surface area contributed by atoms with Gasteiger partial charge in [0.15, 0.2) is 0 Å². The standard InChI is InChI=1S/C12H19N3O3S/c1-2-14-7-4-6-11(14)12(16)15-8-3-5-10(9-15)19(13,17)18/h4,6-7,10H,2-3,5,8-9H2,1H3,(H2,13,17,18). The van der Waals surface area contributed by atoms with Crippen LogP contribution < -0.4 is 5.14 Å². The molecule has 6 nitrogen and oxygen atoms in total. The number of rotatable bonds is 3. The molecule has 2 rings (SSSR count). The van der Waals surface area contributed by atoms with E-state index in [1.54, 1.807) is 11.0 Å². The van der Waals surface area contributed by atoms with Crippen LogP contribution in [-0.4, -0.2) is 42.1 Å². The molecule has 2 heterocycles. The quantitative estimate of drug-likeness (QED) is 0.872. The van der Waals surface area contributed by atoms with Gasteiger partial charge in [-0.3, -0.25) is 4.79 Å². The number of amides is 1. The first-order valence-electron chi connectivity index (χ1n) is 6.39. The zero-order valence-corrected chi connectivity index (χ0v) is 11.8. The minimum Gasteiger partial charge on any atom is -0.344 e. The molecule has 2 N–H and O–H groups in total. The minimum absolute atomic E-state index is 0.125. The van der Waals surface area contributed by atoms with Crippen molar-refractivity contribution in [3.8, 4) is 0 Å². The second-order valence-corrected chi connectivity index (χ2v) is 6.63. The van der Waals surface area contributed by atoms with Crippen molar-refractivity contribution in [2.45, 2.75) is 31.6 Å². The van der Waals surface area contributed by atoms with E-state index in [0.29, 0.717) is 31.6 Å². The summed E-state index contributed by atoms with van der Waals surface area (Å²) in [5.74, 6) is -0.125. The topological polar surface area (TPSA) is 85.4 Å². The summed E-state index contributed by atoms with van der Waals surface area (Å²) in [5.41, 5.74) is 0.595. The molecule has 1 amide bonds. The Labute approximate surface area is 113 Å². The number of hydrogen-bond acceptors (Lipinski definition) is 3. The maximum absolute atomic E-state index is 12.4. The number of aryl methyl sites for hydroxylation is 1. The van der Waals surface area contributed by atoms with Gasteiger partial charge in [0.25, 0.3) is 5.91 Å². The fourth-order valence-electron chi connectivity index (χ4n) is 2.44. The van der Waals surface area contributed by atoms with E-state index in [2.05, 4.69) is 0 Å². The molecular formula is C12H19N3O3S. The number of piperidine rings is 1. The number of primary sulfonamides is 1. The van der Waals surface area contributed by atoms with Gasteiger partial charge in [-0.25, -0.2) is 13.6 Å². The number of hydrogen-bond donors (Lipinski definition) is 1. The maximum atomic E-state index is 12.4. The summed E-state index contributed by atoms with van der Waals surface area (Å²) in [6.07, 6.45) is 3.03. The monoisotopic (exact) mass is 285 g/mol. The number of sulfonamides is 1. The summed E-state index contributed by atoms with van der Waals surface area (Å²) in [4.78, 5) is 14.0. The second-order valence-electron chi connectivity index (χ2n) is 4.78. The smallest absolute Gasteiger partial charge is 0.270 e. The molecule has 19 heavy (non-hydrogen) atoms. The van der Waals surface area contributed by atoms with E-state index in [1.165, 1.54) is 0 Å². The minimum atomic E-state index is -3.58. The first kappa shape index (κ1) is 14.1. The molecule has 106 valence electrons. The lowest BCUT2D eigenvalue weighted by Gasteiger charge is -2.31. The Balaban J connectivity index is 2.16. The highest BCUT2D eigenvalue weighted by molar-refractivity contribution is 7.89. The van der Waals surface area contributed by atoms with E-state index >= 15 is 0 Å². The van der Waals surface area contributed by atoms with E-state index in [9.17, 15) is 13.2 Å². The Morgan fingerprint density at radius 3 is 2.89 bits per heavy atom. The van der Waals surface area contributed by atoms with Gasteiger partial charge in [0.05, 0.1) is 5.25 Å². The lowest BCUT2D eigenvalue weighted by atomic mass is 10.1. The van der Waals surface area contributed by atoms with E-state index in [0.717, 1.165) is 0 Å². The predicted octanol–water partition coefficient (Wildman–Crippen LogP) is 0.401. The Morgan fingerprint density at radius 1 is 1.53 bits per heavy atom. The summed E-state index contributed by atoms with van der Waals surface area (Å²) >= 11 is 0. The normalized spacial score (nSPS) is 20.5. The number of aromatic nitrogens is 1. The van der Waals surface area contributed by atoms with Crippen molar-refractivity contribution >= 4 is 15.9 Å². The molecule has 0 saturated carbocycles. The van der Waals surface area contributed by atoms with Gasteiger partial charge in [0.1, 0.15) is 5.69 Å². The van der Waals surface area contributed by atoms with Crippen LogP contribution in [0.2, 0.25) is 0 Å². The van der Waals surface area contributed by atoms with Crippen molar-refractivity contribution in [1.29, 1.82) is 0 Å². The van der Waals surface area contributed by atoms with Gasteiger partial charge >= 0.3 is 0 Å². The molecule has 1 fully saturated rings. The van der Waals surface area contributed by atoms with E-state index in [-0.39, 0.29) is 12.5 Å². The molecule has 1 aliphatic heterocycles. The van der Waals surface area contributed by atoms with Crippen molar-refractivity contribution in [3.63, 3.8) is 0 Å². The van der Waals surface area contributed by atoms with Gasteiger partial charge in [-0.05, 0) is 31.9 Å². The van der Waals surface area contributed by atoms with Crippen molar-refractivity contribution in [2.24, 2.45) is 5.14 Å². The average Bonchev–Trinajstić information content (AvgIpc) is 2.85. The van der Waals surface area contributed by atoms with E-state index < -0.39 is 15.3 Å². The van der Waals surface area contributed by atoms with Crippen LogP contribution in [-0.2, 0) is 16.6 Å². The zero-order valence-electron chi connectivity index (χ0n) is 10.9. The van der Waals surface area contributed by atoms with E-state index in [4.69, 9.17) is 5.14 Å². The van der Waals surface area contributed by atoms with Crippen LogP contribution in [0.4, 0.5) is 0 Å². The number of carbonyl (C=O) groups is 1. The van der Waals surface area contributed by atoms with Crippen molar-refractivity contribution in [1.82, 2.24) is 9.47 Å². The molecule has 7 heteroatoms. The largest absolute Gasteiger partial charge is 0.344 e. The summed E-state index contributed by atoms with van der Waals surface area (Å²) in [6, 6.07) is 3.57. The van der Waals surface area contributed by atoms with Crippen LogP contribution in [0.15, 0.2) is 18.3 Å². The van der Waals surface area contributed by atoms with Gasteiger partial charge in [-0.15, -0.1) is 0 Å². The SMILES string of the molecule is CCn1cccc1C(=O)N1CCCC(S(N)(=O)=O)C1. The Hall–Kier alpha value is -1.34. The van der Waals surface area contributed by atoms with Crippen LogP contribution >= 0.6 is 0 Å². The molecule has 1 aliphatic rings. The van der Waals surface area contributed by atoms with Gasteiger partial charge in [-0.1, -0.05) is 0 Å². The first-order valence-corrected chi connectivity index (χ1v) is 8.00. The molecule has 0 aliphatic carbocycles. The number of likely N-dealkylation sites (tertiary alicyclic amines) is 1. The molecule has 1 saturated heterocycles. The molecular weight excluding hydrogens is 266 g/mol. The average molecular weight is 285 g/mol. The van der Waals surface area contributed by atoms with Gasteiger partial charge in [0, 0.05) is 25.8 Å². The predicted molar refractivity (Wildman–Crippen MR) is 72.1 cm³/mol. The number of nitrogens with zero attached hydrogens (tertiary/aromatic N) is 2. The molecule has 0 aromatic carbocycles. The Morgan fingerprint density at radius 2 is 2.26 bits per heavy atom. The van der Waals surface area contributed by atoms with E-state index in [1.807, 2.05) is 23.8 Å². The first-order chi connectivity index (χ1) is 8.93. The third-order valence-corrected chi connectivity index (χ3v) is 4.83. The van der Waals surface area contributed by atoms with Crippen LogP contribution in [0.3, 0.4) is 0 Å². The molecule has 0 spiro atoms. The lowest BCUT2D eigenvalue weighted by Crippen LogP contribution is -2.47. The van der Waals surface area contributed by atoms with Gasteiger partial charge < -0.3 is 9.47 Å². The summed E-state index contributed by atoms with van der Waals surface area (Å²) in [5, 5.41) is 4.53. The van der Waals surface area contributed by atoms with Crippen molar-refractivity contribution in [2.75, 3.05) is 13.1 Å². The summed E-state index contributed by atoms with van der Waals surface area (Å²) in [7, 11) is -3.58. The molecule has 1 atom stereocenters. The maximum Gasteiger partial charge on any atom is 0.270 e. The fourth-order valence-corrected chi connectivity index (χ4v) is 3.32. The molecule has 1 aromatic heterocycles. The van der Waals surface area contributed by atoms with Crippen LogP contribution in [0, 0.1) is 0 Å². The van der Waals surface area contributed by atoms with Crippen LogP contribution in [0.1, 0.15) is 30.3 Å². The third kappa shape index (κ3) is 2.98. The molecule has 1 unspecified atom stereocenters. The van der Waals surface area contributed by atoms with Crippen LogP contribution in [0.25, 0.3) is 0 Å². The summed E-state index contributed by atoms with van der Waals surface area (Å²) in [6.45, 7) is 3.44. The van der Waals surface area contributed by atoms with Crippen molar-refractivity contribution in [3.05, 3.63) is 24.0 Å². The Kier molecular flexibility index (Phi) is 3.96. The lowest BCUT2D eigenvalue weighted by molar-refractivity contribution is 0.0716. The second kappa shape index (κ2) is 5.34. The number of nitrogens with two attached hydrogens (primary N) is 1. The van der Waals surface area contributed by atoms with Crippen molar-refractivity contribution < 1.29 is 13.2 Å². The highest BCUT2D eigenvalue weighted by Gasteiger charge is 2.31. The molecule has 0 bridgehead atoms. The highest BCUT2D eigenvalue weighted by atomic mass is 32.2. The van der Waals surface area contributed by atoms with Gasteiger partial charge in [-0.2, -0.15) is 0 Å². The Bertz CT molecular complexity index is 565. The van der Waals surface area contributed by atoms with Crippen LogP contribution in [0.5, 0.6) is 0 Å². The highest BCUT2D eigenvalue weighted by Crippen LogP contribution is 2.18. The van der Waals surface area contributed by atoms with Gasteiger partial charge in [0.2, 0.25) is 10.0 Å². The summed E-state index contributed by atoms with van der Waals surface area (Å²) < 4.78 is 24.6.